The molecule has 0 aromatic carbocycles. The molecule has 1 aliphatic carbocycles. The van der Waals surface area contributed by atoms with E-state index in [-0.39, 0.29) is 0 Å². The Morgan fingerprint density at radius 1 is 1.44 bits per heavy atom. The van der Waals surface area contributed by atoms with Crippen molar-refractivity contribution in [2.24, 2.45) is 5.92 Å². The van der Waals surface area contributed by atoms with Crippen LogP contribution in [0.5, 0.6) is 0 Å². The number of anilines is 1. The Morgan fingerprint density at radius 3 is 2.75 bits per heavy atom. The molecule has 0 unspecified atom stereocenters. The van der Waals surface area contributed by atoms with E-state index < -0.39 is 0 Å². The molecular weight excluding hydrogens is 198 g/mol. The minimum Gasteiger partial charge on any atom is -0.368 e. The summed E-state index contributed by atoms with van der Waals surface area (Å²) in [5.41, 5.74) is 1.07. The third kappa shape index (κ3) is 2.95. The molecule has 88 valence electrons. The van der Waals surface area contributed by atoms with Crippen LogP contribution in [0.3, 0.4) is 0 Å². The zero-order valence-electron chi connectivity index (χ0n) is 10.4. The Bertz CT molecular complexity index is 343. The minimum atomic E-state index is 0.641. The van der Waals surface area contributed by atoms with Gasteiger partial charge in [-0.1, -0.05) is 6.07 Å². The first kappa shape index (κ1) is 11.4. The van der Waals surface area contributed by atoms with Crippen molar-refractivity contribution in [2.45, 2.75) is 25.8 Å². The fourth-order valence-electron chi connectivity index (χ4n) is 2.10. The van der Waals surface area contributed by atoms with Crippen molar-refractivity contribution in [1.29, 1.82) is 0 Å². The molecule has 2 rings (SSSR count). The quantitative estimate of drug-likeness (QED) is 0.822. The van der Waals surface area contributed by atoms with Crippen LogP contribution in [0.4, 0.5) is 5.82 Å². The van der Waals surface area contributed by atoms with Gasteiger partial charge in [0.05, 0.1) is 0 Å². The van der Waals surface area contributed by atoms with Gasteiger partial charge in [-0.3, -0.25) is 0 Å². The van der Waals surface area contributed by atoms with E-state index in [0.717, 1.165) is 24.0 Å². The van der Waals surface area contributed by atoms with Crippen LogP contribution in [0.25, 0.3) is 0 Å². The van der Waals surface area contributed by atoms with Crippen molar-refractivity contribution in [3.05, 3.63) is 23.9 Å². The summed E-state index contributed by atoms with van der Waals surface area (Å²) in [5, 5.41) is 3.44. The predicted molar refractivity (Wildman–Crippen MR) is 67.7 cm³/mol. The Hall–Kier alpha value is -1.09. The number of nitrogens with one attached hydrogen (secondary N) is 1. The van der Waals surface area contributed by atoms with Gasteiger partial charge in [-0.2, -0.15) is 0 Å². The minimum absolute atomic E-state index is 0.641. The topological polar surface area (TPSA) is 28.2 Å². The lowest BCUT2D eigenvalue weighted by Crippen LogP contribution is -2.36. The van der Waals surface area contributed by atoms with Crippen molar-refractivity contribution in [3.8, 4) is 0 Å². The van der Waals surface area contributed by atoms with Crippen molar-refractivity contribution >= 4 is 5.82 Å². The maximum atomic E-state index is 4.45. The highest BCUT2D eigenvalue weighted by Crippen LogP contribution is 2.34. The van der Waals surface area contributed by atoms with E-state index >= 15 is 0 Å². The molecule has 1 fully saturated rings. The Balaban J connectivity index is 1.90. The van der Waals surface area contributed by atoms with Gasteiger partial charge < -0.3 is 10.2 Å². The van der Waals surface area contributed by atoms with Gasteiger partial charge in [0.25, 0.3) is 0 Å². The van der Waals surface area contributed by atoms with E-state index in [1.54, 1.807) is 0 Å². The molecule has 3 heteroatoms. The number of hydrogen-bond acceptors (Lipinski definition) is 3. The molecule has 0 saturated heterocycles. The molecule has 1 heterocycles. The number of aryl methyl sites for hydroxylation is 1. The monoisotopic (exact) mass is 219 g/mol. The van der Waals surface area contributed by atoms with Crippen molar-refractivity contribution in [1.82, 2.24) is 9.88 Å². The summed E-state index contributed by atoms with van der Waals surface area (Å²) in [7, 11) is 4.32. The van der Waals surface area contributed by atoms with Crippen LogP contribution >= 0.6 is 0 Å². The molecular formula is C13H21N3. The van der Waals surface area contributed by atoms with E-state index in [0.29, 0.717) is 6.04 Å². The molecule has 1 aromatic rings. The van der Waals surface area contributed by atoms with Crippen LogP contribution in [-0.4, -0.2) is 36.6 Å². The van der Waals surface area contributed by atoms with Gasteiger partial charge >= 0.3 is 0 Å². The van der Waals surface area contributed by atoms with Gasteiger partial charge in [0, 0.05) is 18.3 Å². The third-order valence-electron chi connectivity index (χ3n) is 3.21. The molecule has 1 N–H and O–H groups in total. The summed E-state index contributed by atoms with van der Waals surface area (Å²) in [6, 6.07) is 6.75. The normalized spacial score (nSPS) is 17.5. The molecule has 1 aliphatic rings. The summed E-state index contributed by atoms with van der Waals surface area (Å²) >= 11 is 0. The molecule has 1 atom stereocenters. The number of rotatable bonds is 5. The average Bonchev–Trinajstić information content (AvgIpc) is 3.02. The number of nitrogens with zero attached hydrogens (tertiary/aromatic N) is 2. The standard InChI is InChI=1S/C13H21N3/c1-10-5-4-6-13(15-10)14-9-12(16(2)3)11-7-8-11/h4-6,11-12H,7-9H2,1-3H3,(H,14,15)/t12-/m1/s1. The van der Waals surface area contributed by atoms with Crippen molar-refractivity contribution in [2.75, 3.05) is 26.0 Å². The summed E-state index contributed by atoms with van der Waals surface area (Å²) in [4.78, 5) is 6.77. The number of aromatic nitrogens is 1. The van der Waals surface area contributed by atoms with E-state index in [2.05, 4.69) is 29.3 Å². The van der Waals surface area contributed by atoms with Gasteiger partial charge in [0.2, 0.25) is 0 Å². The number of likely N-dealkylation sites (N-methyl/N-ethyl adjacent to an activating group) is 1. The number of hydrogen-bond donors (Lipinski definition) is 1. The van der Waals surface area contributed by atoms with E-state index in [4.69, 9.17) is 0 Å². The lowest BCUT2D eigenvalue weighted by molar-refractivity contribution is 0.276. The third-order valence-corrected chi connectivity index (χ3v) is 3.21. The highest BCUT2D eigenvalue weighted by molar-refractivity contribution is 5.35. The largest absolute Gasteiger partial charge is 0.368 e. The Kier molecular flexibility index (Phi) is 3.44. The average molecular weight is 219 g/mol. The molecule has 16 heavy (non-hydrogen) atoms. The lowest BCUT2D eigenvalue weighted by Gasteiger charge is -2.24. The lowest BCUT2D eigenvalue weighted by atomic mass is 10.1. The van der Waals surface area contributed by atoms with Gasteiger partial charge in [-0.25, -0.2) is 4.98 Å². The maximum absolute atomic E-state index is 4.45. The zero-order chi connectivity index (χ0) is 11.5. The fraction of sp³-hybridized carbons (Fsp3) is 0.615. The molecule has 1 aromatic heterocycles. The smallest absolute Gasteiger partial charge is 0.126 e. The molecule has 0 spiro atoms. The fourth-order valence-corrected chi connectivity index (χ4v) is 2.10. The zero-order valence-corrected chi connectivity index (χ0v) is 10.4. The summed E-state index contributed by atoms with van der Waals surface area (Å²) < 4.78 is 0. The molecule has 0 radical (unpaired) electrons. The number of pyridine rings is 1. The van der Waals surface area contributed by atoms with Crippen molar-refractivity contribution < 1.29 is 0 Å². The van der Waals surface area contributed by atoms with Gasteiger partial charge in [0.1, 0.15) is 5.82 Å². The van der Waals surface area contributed by atoms with Crippen LogP contribution in [0.2, 0.25) is 0 Å². The molecule has 0 amide bonds. The van der Waals surface area contributed by atoms with Crippen LogP contribution in [0.15, 0.2) is 18.2 Å². The van der Waals surface area contributed by atoms with Gasteiger partial charge in [-0.15, -0.1) is 0 Å². The van der Waals surface area contributed by atoms with E-state index in [9.17, 15) is 0 Å². The molecule has 3 nitrogen and oxygen atoms in total. The van der Waals surface area contributed by atoms with Crippen LogP contribution < -0.4 is 5.32 Å². The molecule has 0 aliphatic heterocycles. The predicted octanol–water partition coefficient (Wildman–Crippen LogP) is 2.14. The van der Waals surface area contributed by atoms with E-state index in [1.165, 1.54) is 12.8 Å². The van der Waals surface area contributed by atoms with Crippen molar-refractivity contribution in [3.63, 3.8) is 0 Å². The summed E-state index contributed by atoms with van der Waals surface area (Å²) in [6.45, 7) is 3.02. The second-order valence-electron chi connectivity index (χ2n) is 4.91. The van der Waals surface area contributed by atoms with E-state index in [1.807, 2.05) is 25.1 Å². The second kappa shape index (κ2) is 4.83. The van der Waals surface area contributed by atoms with Crippen LogP contribution in [0, 0.1) is 12.8 Å². The second-order valence-corrected chi connectivity index (χ2v) is 4.91. The van der Waals surface area contributed by atoms with Crippen LogP contribution in [-0.2, 0) is 0 Å². The summed E-state index contributed by atoms with van der Waals surface area (Å²) in [6.07, 6.45) is 2.76. The first-order chi connectivity index (χ1) is 7.66. The summed E-state index contributed by atoms with van der Waals surface area (Å²) in [5.74, 6) is 1.87. The first-order valence-electron chi connectivity index (χ1n) is 6.01. The van der Waals surface area contributed by atoms with Crippen LogP contribution in [0.1, 0.15) is 18.5 Å². The Morgan fingerprint density at radius 2 is 2.19 bits per heavy atom. The Labute approximate surface area is 97.9 Å². The highest BCUT2D eigenvalue weighted by atomic mass is 15.1. The molecule has 0 bridgehead atoms. The SMILES string of the molecule is Cc1cccc(NC[C@H](C2CC2)N(C)C)n1. The maximum Gasteiger partial charge on any atom is 0.126 e. The van der Waals surface area contributed by atoms with Gasteiger partial charge in [0.15, 0.2) is 0 Å². The molecule has 1 saturated carbocycles. The van der Waals surface area contributed by atoms with Gasteiger partial charge in [-0.05, 0) is 51.9 Å². The highest BCUT2D eigenvalue weighted by Gasteiger charge is 2.32. The first-order valence-corrected chi connectivity index (χ1v) is 6.01.